The standard InChI is InChI=1S/C29H27ClF3N3O2/c1-38-23-8-9-25-24(18-23)28(19-36(25)27(37)21-10-13-34-26(30)17-21)11-15-35(16-12-28)14-2-3-20-4-6-22(7-5-20)29(31,32)33/h2-10,13,17-18H,11-12,14-16,19H2,1H3/b3-2+. The first-order valence-electron chi connectivity index (χ1n) is 12.4. The number of hydrogen-bond donors (Lipinski definition) is 0. The highest BCUT2D eigenvalue weighted by Crippen LogP contribution is 2.48. The second kappa shape index (κ2) is 10.4. The number of halogens is 4. The average molecular weight is 542 g/mol. The lowest BCUT2D eigenvalue weighted by atomic mass is 9.74. The van der Waals surface area contributed by atoms with Crippen LogP contribution in [-0.4, -0.2) is 49.1 Å². The van der Waals surface area contributed by atoms with Crippen molar-refractivity contribution in [3.05, 3.63) is 94.3 Å². The Morgan fingerprint density at radius 2 is 1.84 bits per heavy atom. The maximum atomic E-state index is 13.5. The summed E-state index contributed by atoms with van der Waals surface area (Å²) >= 11 is 6.04. The molecule has 0 unspecified atom stereocenters. The van der Waals surface area contributed by atoms with E-state index in [0.29, 0.717) is 18.7 Å². The molecule has 2 aliphatic heterocycles. The minimum absolute atomic E-state index is 0.112. The van der Waals surface area contributed by atoms with Gasteiger partial charge in [0.25, 0.3) is 5.91 Å². The molecule has 1 spiro atoms. The highest BCUT2D eigenvalue weighted by molar-refractivity contribution is 6.29. The number of piperidine rings is 1. The van der Waals surface area contributed by atoms with Crippen LogP contribution in [0, 0.1) is 0 Å². The van der Waals surface area contributed by atoms with E-state index < -0.39 is 11.7 Å². The molecule has 9 heteroatoms. The van der Waals surface area contributed by atoms with Gasteiger partial charge in [0.15, 0.2) is 0 Å². The Bertz CT molecular complexity index is 1350. The van der Waals surface area contributed by atoms with Crippen LogP contribution in [0.25, 0.3) is 6.08 Å². The first-order valence-corrected chi connectivity index (χ1v) is 12.7. The fourth-order valence-corrected chi connectivity index (χ4v) is 5.53. The molecule has 1 fully saturated rings. The van der Waals surface area contributed by atoms with Crippen LogP contribution in [0.5, 0.6) is 5.75 Å². The summed E-state index contributed by atoms with van der Waals surface area (Å²) in [6.45, 7) is 2.93. The van der Waals surface area contributed by atoms with Crippen molar-refractivity contribution in [1.29, 1.82) is 0 Å². The number of pyridine rings is 1. The van der Waals surface area contributed by atoms with Gasteiger partial charge in [0, 0.05) is 36.0 Å². The van der Waals surface area contributed by atoms with E-state index in [1.54, 1.807) is 19.2 Å². The maximum absolute atomic E-state index is 13.5. The molecule has 5 rings (SSSR count). The average Bonchev–Trinajstić information content (AvgIpc) is 3.22. The number of fused-ring (bicyclic) bond motifs is 2. The van der Waals surface area contributed by atoms with E-state index in [2.05, 4.69) is 9.88 Å². The lowest BCUT2D eigenvalue weighted by molar-refractivity contribution is -0.137. The second-order valence-electron chi connectivity index (χ2n) is 9.74. The summed E-state index contributed by atoms with van der Waals surface area (Å²) in [7, 11) is 1.64. The molecule has 2 aliphatic rings. The van der Waals surface area contributed by atoms with Gasteiger partial charge >= 0.3 is 6.18 Å². The zero-order valence-electron chi connectivity index (χ0n) is 20.8. The quantitative estimate of drug-likeness (QED) is 0.347. The van der Waals surface area contributed by atoms with Gasteiger partial charge in [-0.3, -0.25) is 9.69 Å². The van der Waals surface area contributed by atoms with Crippen LogP contribution in [0.4, 0.5) is 18.9 Å². The number of carbonyl (C=O) groups excluding carboxylic acids is 1. The van der Waals surface area contributed by atoms with Crippen molar-refractivity contribution in [2.24, 2.45) is 0 Å². The third-order valence-electron chi connectivity index (χ3n) is 7.47. The molecule has 1 amide bonds. The number of methoxy groups -OCH3 is 1. The Morgan fingerprint density at radius 3 is 2.50 bits per heavy atom. The zero-order valence-corrected chi connectivity index (χ0v) is 21.6. The Balaban J connectivity index is 1.29. The molecule has 198 valence electrons. The van der Waals surface area contributed by atoms with Gasteiger partial charge in [-0.15, -0.1) is 0 Å². The molecule has 0 N–H and O–H groups in total. The topological polar surface area (TPSA) is 45.7 Å². The Morgan fingerprint density at radius 1 is 1.11 bits per heavy atom. The lowest BCUT2D eigenvalue weighted by Gasteiger charge is -2.39. The first-order chi connectivity index (χ1) is 18.2. The summed E-state index contributed by atoms with van der Waals surface area (Å²) in [4.78, 5) is 21.6. The molecule has 3 heterocycles. The number of carbonyl (C=O) groups is 1. The number of ether oxygens (including phenoxy) is 1. The van der Waals surface area contributed by atoms with Crippen LogP contribution in [0.15, 0.2) is 66.9 Å². The summed E-state index contributed by atoms with van der Waals surface area (Å²) in [5.74, 6) is 0.644. The predicted molar refractivity (Wildman–Crippen MR) is 142 cm³/mol. The molecule has 0 aliphatic carbocycles. The van der Waals surface area contributed by atoms with Crippen LogP contribution in [0.2, 0.25) is 5.15 Å². The fraction of sp³-hybridized carbons (Fsp3) is 0.310. The van der Waals surface area contributed by atoms with Gasteiger partial charge in [0.1, 0.15) is 10.9 Å². The number of nitrogens with zero attached hydrogens (tertiary/aromatic N) is 3. The summed E-state index contributed by atoms with van der Waals surface area (Å²) in [6, 6.07) is 14.3. The lowest BCUT2D eigenvalue weighted by Crippen LogP contribution is -2.46. The molecule has 0 bridgehead atoms. The Labute approximate surface area is 224 Å². The van der Waals surface area contributed by atoms with Gasteiger partial charge in [0.05, 0.1) is 12.7 Å². The summed E-state index contributed by atoms with van der Waals surface area (Å²) in [5.41, 5.74) is 2.39. The van der Waals surface area contributed by atoms with Gasteiger partial charge in [-0.2, -0.15) is 13.2 Å². The molecule has 0 atom stereocenters. The smallest absolute Gasteiger partial charge is 0.416 e. The Kier molecular flexibility index (Phi) is 7.20. The highest BCUT2D eigenvalue weighted by atomic mass is 35.5. The number of amides is 1. The third kappa shape index (κ3) is 5.28. The normalized spacial score (nSPS) is 17.2. The zero-order chi connectivity index (χ0) is 26.9. The molecule has 2 aromatic carbocycles. The summed E-state index contributed by atoms with van der Waals surface area (Å²) in [5, 5.41) is 0.275. The van der Waals surface area contributed by atoms with Crippen LogP contribution in [-0.2, 0) is 11.6 Å². The van der Waals surface area contributed by atoms with Gasteiger partial charge in [-0.25, -0.2) is 4.98 Å². The van der Waals surface area contributed by atoms with E-state index in [9.17, 15) is 18.0 Å². The van der Waals surface area contributed by atoms with Crippen molar-refractivity contribution in [1.82, 2.24) is 9.88 Å². The number of likely N-dealkylation sites (tertiary alicyclic amines) is 1. The maximum Gasteiger partial charge on any atom is 0.416 e. The van der Waals surface area contributed by atoms with Crippen molar-refractivity contribution < 1.29 is 22.7 Å². The van der Waals surface area contributed by atoms with E-state index in [1.165, 1.54) is 18.3 Å². The number of hydrogen-bond acceptors (Lipinski definition) is 4. The second-order valence-corrected chi connectivity index (χ2v) is 10.1. The molecular formula is C29H27ClF3N3O2. The van der Waals surface area contributed by atoms with Crippen molar-refractivity contribution in [3.63, 3.8) is 0 Å². The van der Waals surface area contributed by atoms with Crippen molar-refractivity contribution in [2.75, 3.05) is 38.2 Å². The largest absolute Gasteiger partial charge is 0.497 e. The van der Waals surface area contributed by atoms with E-state index in [1.807, 2.05) is 35.3 Å². The molecular weight excluding hydrogens is 515 g/mol. The van der Waals surface area contributed by atoms with Crippen molar-refractivity contribution >= 4 is 29.3 Å². The highest BCUT2D eigenvalue weighted by Gasteiger charge is 2.46. The van der Waals surface area contributed by atoms with Gasteiger partial charge in [-0.1, -0.05) is 35.9 Å². The number of rotatable bonds is 5. The van der Waals surface area contributed by atoms with Crippen LogP contribution >= 0.6 is 11.6 Å². The van der Waals surface area contributed by atoms with E-state index in [-0.39, 0.29) is 16.5 Å². The molecule has 1 aromatic heterocycles. The van der Waals surface area contributed by atoms with Crippen molar-refractivity contribution in [3.8, 4) is 5.75 Å². The molecule has 3 aromatic rings. The van der Waals surface area contributed by atoms with Crippen LogP contribution < -0.4 is 9.64 Å². The van der Waals surface area contributed by atoms with Gasteiger partial charge in [0.2, 0.25) is 0 Å². The summed E-state index contributed by atoms with van der Waals surface area (Å²) in [6.07, 6.45) is 2.76. The number of benzene rings is 2. The van der Waals surface area contributed by atoms with E-state index >= 15 is 0 Å². The SMILES string of the molecule is COc1ccc2c(c1)C1(CCN(C/C=C/c3ccc(C(F)(F)F)cc3)CC1)CN2C(=O)c1ccnc(Cl)c1. The predicted octanol–water partition coefficient (Wildman–Crippen LogP) is 6.47. The first kappa shape index (κ1) is 26.3. The molecule has 0 saturated carbocycles. The van der Waals surface area contributed by atoms with Crippen LogP contribution in [0.1, 0.15) is 39.9 Å². The number of alkyl halides is 3. The van der Waals surface area contributed by atoms with Crippen LogP contribution in [0.3, 0.4) is 0 Å². The molecule has 0 radical (unpaired) electrons. The van der Waals surface area contributed by atoms with Gasteiger partial charge < -0.3 is 9.64 Å². The number of aromatic nitrogens is 1. The van der Waals surface area contributed by atoms with Gasteiger partial charge in [-0.05, 0) is 79.5 Å². The molecule has 38 heavy (non-hydrogen) atoms. The van der Waals surface area contributed by atoms with E-state index in [4.69, 9.17) is 16.3 Å². The fourth-order valence-electron chi connectivity index (χ4n) is 5.36. The Hall–Kier alpha value is -3.36. The third-order valence-corrected chi connectivity index (χ3v) is 7.68. The van der Waals surface area contributed by atoms with Crippen molar-refractivity contribution in [2.45, 2.75) is 24.4 Å². The minimum atomic E-state index is -4.33. The minimum Gasteiger partial charge on any atom is -0.497 e. The number of anilines is 1. The van der Waals surface area contributed by atoms with E-state index in [0.717, 1.165) is 60.6 Å². The molecule has 1 saturated heterocycles. The molecule has 5 nitrogen and oxygen atoms in total. The monoisotopic (exact) mass is 541 g/mol. The summed E-state index contributed by atoms with van der Waals surface area (Å²) < 4.78 is 43.9.